The van der Waals surface area contributed by atoms with Gasteiger partial charge in [0.25, 0.3) is 0 Å². The highest BCUT2D eigenvalue weighted by atomic mass is 16.6. The van der Waals surface area contributed by atoms with E-state index in [1.165, 1.54) is 4.90 Å². The number of para-hydroxylation sites is 1. The van der Waals surface area contributed by atoms with E-state index in [1.54, 1.807) is 39.2 Å². The number of amides is 1. The lowest BCUT2D eigenvalue weighted by atomic mass is 10.0. The third kappa shape index (κ3) is 3.21. The summed E-state index contributed by atoms with van der Waals surface area (Å²) in [4.78, 5) is 26.9. The van der Waals surface area contributed by atoms with E-state index in [0.717, 1.165) is 11.3 Å². The van der Waals surface area contributed by atoms with Gasteiger partial charge in [0, 0.05) is 33.3 Å². The van der Waals surface area contributed by atoms with Crippen molar-refractivity contribution in [2.24, 2.45) is 0 Å². The van der Waals surface area contributed by atoms with Gasteiger partial charge in [-0.3, -0.25) is 0 Å². The second-order valence-corrected chi connectivity index (χ2v) is 5.20. The zero-order chi connectivity index (χ0) is 16.3. The van der Waals surface area contributed by atoms with Crippen LogP contribution in [-0.4, -0.2) is 51.3 Å². The summed E-state index contributed by atoms with van der Waals surface area (Å²) in [6.07, 6.45) is 1.34. The Labute approximate surface area is 129 Å². The van der Waals surface area contributed by atoms with Gasteiger partial charge in [0.05, 0.1) is 17.9 Å². The number of fused-ring (bicyclic) bond motifs is 1. The predicted octanol–water partition coefficient (Wildman–Crippen LogP) is 2.14. The molecule has 1 amide bonds. The molecule has 0 radical (unpaired) electrons. The molecule has 0 fully saturated rings. The van der Waals surface area contributed by atoms with Gasteiger partial charge in [-0.1, -0.05) is 12.1 Å². The Morgan fingerprint density at radius 3 is 2.68 bits per heavy atom. The maximum absolute atomic E-state index is 11.9. The molecule has 1 heterocycles. The quantitative estimate of drug-likeness (QED) is 0.801. The van der Waals surface area contributed by atoms with Crippen molar-refractivity contribution in [1.29, 1.82) is 0 Å². The van der Waals surface area contributed by atoms with Gasteiger partial charge in [0.15, 0.2) is 5.75 Å². The van der Waals surface area contributed by atoms with Gasteiger partial charge in [-0.2, -0.15) is 0 Å². The van der Waals surface area contributed by atoms with Crippen molar-refractivity contribution >= 4 is 23.8 Å². The summed E-state index contributed by atoms with van der Waals surface area (Å²) in [6.45, 7) is 2.52. The Kier molecular flexibility index (Phi) is 4.70. The van der Waals surface area contributed by atoms with E-state index < -0.39 is 6.09 Å². The van der Waals surface area contributed by atoms with Crippen molar-refractivity contribution in [2.45, 2.75) is 6.92 Å². The number of carbonyl (C=O) groups excluding carboxylic acids is 2. The highest BCUT2D eigenvalue weighted by Crippen LogP contribution is 2.36. The summed E-state index contributed by atoms with van der Waals surface area (Å²) in [7, 11) is 5.10. The smallest absolute Gasteiger partial charge is 0.414 e. The molecule has 1 aromatic rings. The second kappa shape index (κ2) is 6.51. The van der Waals surface area contributed by atoms with Crippen LogP contribution in [0.2, 0.25) is 0 Å². The Morgan fingerprint density at radius 1 is 1.32 bits per heavy atom. The summed E-state index contributed by atoms with van der Waals surface area (Å²) in [5.74, 6) is 0.147. The Morgan fingerprint density at radius 2 is 2.05 bits per heavy atom. The lowest BCUT2D eigenvalue weighted by Crippen LogP contribution is -2.30. The van der Waals surface area contributed by atoms with E-state index in [0.29, 0.717) is 24.5 Å². The number of anilines is 1. The third-order valence-corrected chi connectivity index (χ3v) is 3.25. The van der Waals surface area contributed by atoms with E-state index in [9.17, 15) is 9.59 Å². The molecular formula is C16H20N2O4. The van der Waals surface area contributed by atoms with Crippen LogP contribution in [-0.2, 0) is 9.53 Å². The fourth-order valence-electron chi connectivity index (χ4n) is 2.25. The molecule has 1 aromatic carbocycles. The molecule has 2 rings (SSSR count). The predicted molar refractivity (Wildman–Crippen MR) is 84.0 cm³/mol. The molecule has 118 valence electrons. The maximum Gasteiger partial charge on any atom is 0.414 e. The zero-order valence-electron chi connectivity index (χ0n) is 13.3. The second-order valence-electron chi connectivity index (χ2n) is 5.20. The van der Waals surface area contributed by atoms with Gasteiger partial charge in [-0.25, -0.2) is 9.59 Å². The summed E-state index contributed by atoms with van der Waals surface area (Å²) in [6, 6.07) is 5.40. The van der Waals surface area contributed by atoms with Crippen LogP contribution in [0.5, 0.6) is 5.75 Å². The fraction of sp³-hybridized carbons (Fsp3) is 0.375. The van der Waals surface area contributed by atoms with E-state index in [4.69, 9.17) is 9.47 Å². The molecule has 1 aliphatic rings. The summed E-state index contributed by atoms with van der Waals surface area (Å²) in [5.41, 5.74) is 2.18. The van der Waals surface area contributed by atoms with Gasteiger partial charge >= 0.3 is 12.1 Å². The van der Waals surface area contributed by atoms with E-state index in [1.807, 2.05) is 18.0 Å². The van der Waals surface area contributed by atoms with Crippen LogP contribution in [0.15, 0.2) is 23.8 Å². The van der Waals surface area contributed by atoms with Gasteiger partial charge in [-0.15, -0.1) is 0 Å². The number of rotatable bonds is 3. The molecular weight excluding hydrogens is 284 g/mol. The molecule has 0 spiro atoms. The number of likely N-dealkylation sites (N-methyl/N-ethyl adjacent to an activating group) is 1. The highest BCUT2D eigenvalue weighted by molar-refractivity contribution is 5.98. The molecule has 22 heavy (non-hydrogen) atoms. The van der Waals surface area contributed by atoms with Crippen molar-refractivity contribution in [2.75, 3.05) is 39.2 Å². The fourth-order valence-corrected chi connectivity index (χ4v) is 2.25. The third-order valence-electron chi connectivity index (χ3n) is 3.25. The van der Waals surface area contributed by atoms with Crippen molar-refractivity contribution in [1.82, 2.24) is 4.90 Å². The first-order valence-corrected chi connectivity index (χ1v) is 7.05. The maximum atomic E-state index is 11.9. The largest absolute Gasteiger partial charge is 0.463 e. The average molecular weight is 304 g/mol. The zero-order valence-corrected chi connectivity index (χ0v) is 13.3. The number of ether oxygens (including phenoxy) is 2. The van der Waals surface area contributed by atoms with Crippen LogP contribution < -0.4 is 9.64 Å². The van der Waals surface area contributed by atoms with Crippen molar-refractivity contribution in [3.63, 3.8) is 0 Å². The number of esters is 1. The van der Waals surface area contributed by atoms with Crippen LogP contribution in [0.3, 0.4) is 0 Å². The Hall–Kier alpha value is -2.50. The van der Waals surface area contributed by atoms with E-state index in [-0.39, 0.29) is 5.97 Å². The normalized spacial score (nSPS) is 13.1. The Balaban J connectivity index is 2.36. The molecule has 6 heteroatoms. The molecule has 0 atom stereocenters. The average Bonchev–Trinajstić information content (AvgIpc) is 2.47. The van der Waals surface area contributed by atoms with Crippen LogP contribution in [0.4, 0.5) is 10.5 Å². The first-order valence-electron chi connectivity index (χ1n) is 7.05. The summed E-state index contributed by atoms with van der Waals surface area (Å²) < 4.78 is 10.4. The van der Waals surface area contributed by atoms with Crippen LogP contribution >= 0.6 is 0 Å². The molecule has 0 aromatic heterocycles. The van der Waals surface area contributed by atoms with Crippen molar-refractivity contribution in [3.8, 4) is 5.75 Å². The molecule has 6 nitrogen and oxygen atoms in total. The first kappa shape index (κ1) is 15.9. The van der Waals surface area contributed by atoms with Crippen molar-refractivity contribution in [3.05, 3.63) is 29.3 Å². The summed E-state index contributed by atoms with van der Waals surface area (Å²) in [5, 5.41) is 0. The summed E-state index contributed by atoms with van der Waals surface area (Å²) >= 11 is 0. The number of benzene rings is 1. The minimum atomic E-state index is -0.443. The van der Waals surface area contributed by atoms with Gasteiger partial charge < -0.3 is 19.3 Å². The lowest BCUT2D eigenvalue weighted by Gasteiger charge is -2.28. The lowest BCUT2D eigenvalue weighted by molar-refractivity contribution is -0.138. The minimum Gasteiger partial charge on any atom is -0.463 e. The molecule has 0 N–H and O–H groups in total. The van der Waals surface area contributed by atoms with E-state index in [2.05, 4.69) is 0 Å². The van der Waals surface area contributed by atoms with E-state index >= 15 is 0 Å². The van der Waals surface area contributed by atoms with Crippen molar-refractivity contribution < 1.29 is 19.1 Å². The molecule has 0 bridgehead atoms. The van der Waals surface area contributed by atoms with Gasteiger partial charge in [-0.05, 0) is 19.1 Å². The first-order chi connectivity index (χ1) is 10.4. The number of carbonyl (C=O) groups is 2. The van der Waals surface area contributed by atoms with Crippen LogP contribution in [0, 0.1) is 0 Å². The Bertz CT molecular complexity index is 623. The van der Waals surface area contributed by atoms with Gasteiger partial charge in [0.2, 0.25) is 0 Å². The molecule has 0 aliphatic carbocycles. The molecule has 1 aliphatic heterocycles. The number of hydrogen-bond donors (Lipinski definition) is 0. The molecule has 0 saturated heterocycles. The SMILES string of the molecule is CCOC(=O)C1=Cc2cccc(OC(=O)N(C)C)c2N(C)C1. The topological polar surface area (TPSA) is 59.1 Å². The standard InChI is InChI=1S/C16H20N2O4/c1-5-21-15(19)12-9-11-7-6-8-13(14(11)18(4)10-12)22-16(20)17(2)3/h6-9H,5,10H2,1-4H3. The monoisotopic (exact) mass is 304 g/mol. The number of hydrogen-bond acceptors (Lipinski definition) is 5. The van der Waals surface area contributed by atoms with Crippen LogP contribution in [0.25, 0.3) is 6.08 Å². The highest BCUT2D eigenvalue weighted by Gasteiger charge is 2.24. The number of nitrogens with zero attached hydrogens (tertiary/aromatic N) is 2. The van der Waals surface area contributed by atoms with Crippen LogP contribution in [0.1, 0.15) is 12.5 Å². The minimum absolute atomic E-state index is 0.323. The van der Waals surface area contributed by atoms with Gasteiger partial charge in [0.1, 0.15) is 0 Å². The molecule has 0 saturated carbocycles. The molecule has 0 unspecified atom stereocenters.